The number of hydrogen-bond acceptors (Lipinski definition) is 6. The van der Waals surface area contributed by atoms with E-state index in [9.17, 15) is 13.5 Å². The molecule has 0 fully saturated rings. The van der Waals surface area contributed by atoms with Crippen molar-refractivity contribution in [3.63, 3.8) is 0 Å². The number of hydrogen-bond donors (Lipinski definition) is 3. The Hall–Kier alpha value is -2.17. The van der Waals surface area contributed by atoms with Crippen LogP contribution in [0.2, 0.25) is 0 Å². The van der Waals surface area contributed by atoms with E-state index in [-0.39, 0.29) is 46.9 Å². The summed E-state index contributed by atoms with van der Waals surface area (Å²) >= 11 is 0. The van der Waals surface area contributed by atoms with Gasteiger partial charge in [0.1, 0.15) is 5.71 Å². The quantitative estimate of drug-likeness (QED) is 0.241. The van der Waals surface area contributed by atoms with Gasteiger partial charge in [0.25, 0.3) is 0 Å². The second kappa shape index (κ2) is 6.86. The maximum absolute atomic E-state index is 10.9. The van der Waals surface area contributed by atoms with Crippen LogP contribution in [0.1, 0.15) is 11.1 Å². The Bertz CT molecular complexity index is 1170. The Morgan fingerprint density at radius 2 is 2.00 bits per heavy atom. The summed E-state index contributed by atoms with van der Waals surface area (Å²) in [5.41, 5.74) is 2.32. The molecule has 1 aromatic heterocycles. The third-order valence-electron chi connectivity index (χ3n) is 3.70. The third-order valence-corrected chi connectivity index (χ3v) is 3.96. The van der Waals surface area contributed by atoms with E-state index in [1.54, 1.807) is 42.5 Å². The minimum absolute atomic E-state index is 0. The Labute approximate surface area is 170 Å². The van der Waals surface area contributed by atoms with E-state index < -0.39 is 10.4 Å². The summed E-state index contributed by atoms with van der Waals surface area (Å²) in [5, 5.41) is 14.5. The van der Waals surface area contributed by atoms with Crippen LogP contribution in [0.3, 0.4) is 0 Å². The molecule has 26 heavy (non-hydrogen) atoms. The van der Waals surface area contributed by atoms with Crippen LogP contribution in [-0.2, 0) is 14.7 Å². The van der Waals surface area contributed by atoms with Gasteiger partial charge in [-0.2, -0.15) is 26.6 Å². The number of aromatic amines is 1. The second-order valence-corrected chi connectivity index (χ2v) is 6.24. The molecule has 4 rings (SSSR count). The van der Waals surface area contributed by atoms with Crippen molar-refractivity contribution < 1.29 is 51.9 Å². The number of nitrogens with zero attached hydrogens (tertiary/aromatic N) is 2. The molecule has 0 atom stereocenters. The topological polar surface area (TPSA) is 124 Å². The molecule has 0 radical (unpaired) electrons. The van der Waals surface area contributed by atoms with E-state index in [0.717, 1.165) is 0 Å². The zero-order chi connectivity index (χ0) is 17.6. The molecule has 0 saturated heterocycles. The van der Waals surface area contributed by atoms with Crippen LogP contribution in [0.4, 0.5) is 5.69 Å². The number of benzene rings is 2. The maximum atomic E-state index is 10.9. The average molecular weight is 379 g/mol. The van der Waals surface area contributed by atoms with Crippen LogP contribution < -0.4 is 29.6 Å². The third kappa shape index (κ3) is 3.27. The first-order valence-electron chi connectivity index (χ1n) is 7.07. The van der Waals surface area contributed by atoms with Crippen molar-refractivity contribution in [3.05, 3.63) is 59.7 Å². The van der Waals surface area contributed by atoms with Crippen LogP contribution in [0.25, 0.3) is 10.9 Å². The van der Waals surface area contributed by atoms with Gasteiger partial charge >= 0.3 is 40.0 Å². The van der Waals surface area contributed by atoms with Gasteiger partial charge in [-0.25, -0.2) is 9.28 Å². The Morgan fingerprint density at radius 1 is 1.23 bits per heavy atom. The number of aromatic hydroxyl groups is 1. The number of oxime groups is 1. The predicted molar refractivity (Wildman–Crippen MR) is 90.6 cm³/mol. The van der Waals surface area contributed by atoms with Gasteiger partial charge in [-0.3, -0.25) is 4.55 Å². The predicted octanol–water partition coefficient (Wildman–Crippen LogP) is -0.664. The maximum Gasteiger partial charge on any atom is 1.00 e. The molecule has 3 aromatic rings. The molecule has 2 heterocycles. The number of fused-ring (bicyclic) bond motifs is 2. The summed E-state index contributed by atoms with van der Waals surface area (Å²) < 4.78 is 34.8. The molecular weight excluding hydrogens is 369 g/mol. The van der Waals surface area contributed by atoms with Crippen LogP contribution in [0.5, 0.6) is 5.88 Å². The summed E-state index contributed by atoms with van der Waals surface area (Å²) in [7, 11) is -4.78. The Balaban J connectivity index is 0.00000196. The summed E-state index contributed by atoms with van der Waals surface area (Å²) in [5.74, 6) is -0.152. The van der Waals surface area contributed by atoms with Crippen molar-refractivity contribution in [3.8, 4) is 5.88 Å². The van der Waals surface area contributed by atoms with Gasteiger partial charge in [0.15, 0.2) is 5.88 Å². The molecule has 3 N–H and O–H groups in total. The van der Waals surface area contributed by atoms with E-state index >= 15 is 0 Å². The molecule has 0 aliphatic carbocycles. The number of para-hydroxylation sites is 1. The van der Waals surface area contributed by atoms with Gasteiger partial charge in [0, 0.05) is 11.1 Å². The van der Waals surface area contributed by atoms with Crippen LogP contribution in [0.15, 0.2) is 52.6 Å². The first kappa shape index (κ1) is 18.6. The standard InChI is InChI=1S/C16H10N3O5S.Na/c20-16-13(9-5-1-3-7-11(9)18-16)15-14(19-24-25(21,22)23)10-6-2-4-8-12(10)17-15;/h2-8,18,20H,(H,21,22,23);/q-1;+1. The first-order valence-corrected chi connectivity index (χ1v) is 8.44. The molecule has 0 spiro atoms. The Kier molecular flexibility index (Phi) is 4.91. The van der Waals surface area contributed by atoms with E-state index in [2.05, 4.69) is 25.5 Å². The first-order chi connectivity index (χ1) is 11.9. The van der Waals surface area contributed by atoms with Crippen molar-refractivity contribution in [1.82, 2.24) is 4.98 Å². The molecule has 10 heteroatoms. The van der Waals surface area contributed by atoms with Crippen LogP contribution in [-0.4, -0.2) is 34.5 Å². The molecule has 0 unspecified atom stereocenters. The fourth-order valence-electron chi connectivity index (χ4n) is 2.73. The minimum Gasteiger partial charge on any atom is -0.495 e. The van der Waals surface area contributed by atoms with E-state index in [0.29, 0.717) is 27.7 Å². The number of aromatic nitrogens is 1. The smallest absolute Gasteiger partial charge is 0.495 e. The van der Waals surface area contributed by atoms with Gasteiger partial charge in [-0.15, -0.1) is 6.07 Å². The van der Waals surface area contributed by atoms with E-state index in [1.165, 1.54) is 0 Å². The number of nitrogens with one attached hydrogen (secondary N) is 1. The minimum atomic E-state index is -4.78. The zero-order valence-corrected chi connectivity index (χ0v) is 16.3. The summed E-state index contributed by atoms with van der Waals surface area (Å²) in [6.07, 6.45) is 0. The van der Waals surface area contributed by atoms with Crippen molar-refractivity contribution in [2.24, 2.45) is 10.1 Å². The monoisotopic (exact) mass is 379 g/mol. The fraction of sp³-hybridized carbons (Fsp3) is 0. The molecule has 8 nitrogen and oxygen atoms in total. The van der Waals surface area contributed by atoms with Gasteiger partial charge in [-0.1, -0.05) is 34.3 Å². The van der Waals surface area contributed by atoms with E-state index in [1.807, 2.05) is 0 Å². The Morgan fingerprint density at radius 3 is 2.77 bits per heavy atom. The molecular formula is C16H10N3NaO5S. The zero-order valence-electron chi connectivity index (χ0n) is 13.5. The summed E-state index contributed by atoms with van der Waals surface area (Å²) in [4.78, 5) is 7.24. The molecule has 126 valence electrons. The largest absolute Gasteiger partial charge is 1.00 e. The van der Waals surface area contributed by atoms with Gasteiger partial charge < -0.3 is 10.1 Å². The molecule has 0 bridgehead atoms. The average Bonchev–Trinajstić information content (AvgIpc) is 3.08. The fourth-order valence-corrected chi connectivity index (χ4v) is 2.90. The van der Waals surface area contributed by atoms with Crippen molar-refractivity contribution in [2.75, 3.05) is 0 Å². The molecule has 1 aliphatic rings. The molecule has 0 amide bonds. The number of H-pyrrole nitrogens is 1. The normalized spacial score (nSPS) is 14.8. The number of rotatable bonds is 3. The van der Waals surface area contributed by atoms with Gasteiger partial charge in [0.2, 0.25) is 0 Å². The SMILES string of the molecule is O=S(=O)(O)ON=C1C(c2c(O)[nH]c3cc[c-]cc23)=Nc2ccccc21.[Na+]. The van der Waals surface area contributed by atoms with E-state index in [4.69, 9.17) is 4.55 Å². The van der Waals surface area contributed by atoms with Crippen molar-refractivity contribution in [1.29, 1.82) is 0 Å². The van der Waals surface area contributed by atoms with Crippen LogP contribution in [0, 0.1) is 6.07 Å². The second-order valence-electron chi connectivity index (χ2n) is 5.24. The number of aliphatic imine (C=N–C) groups is 1. The van der Waals surface area contributed by atoms with Gasteiger partial charge in [-0.05, 0) is 6.07 Å². The van der Waals surface area contributed by atoms with Crippen LogP contribution >= 0.6 is 0 Å². The molecule has 2 aromatic carbocycles. The van der Waals surface area contributed by atoms with Crippen molar-refractivity contribution >= 4 is 38.4 Å². The summed E-state index contributed by atoms with van der Waals surface area (Å²) in [6, 6.07) is 14.9. The summed E-state index contributed by atoms with van der Waals surface area (Å²) in [6.45, 7) is 0. The molecule has 1 aliphatic heterocycles. The van der Waals surface area contributed by atoms with Gasteiger partial charge in [0.05, 0.1) is 11.4 Å². The molecule has 0 saturated carbocycles. The van der Waals surface area contributed by atoms with Crippen molar-refractivity contribution in [2.45, 2.75) is 0 Å².